The molecule has 1 saturated heterocycles. The molecule has 1 aliphatic heterocycles. The topological polar surface area (TPSA) is 99.4 Å². The summed E-state index contributed by atoms with van der Waals surface area (Å²) in [4.78, 5) is 0. The summed E-state index contributed by atoms with van der Waals surface area (Å²) >= 11 is 0. The van der Waals surface area contributed by atoms with Crippen LogP contribution in [0.2, 0.25) is 0 Å². The van der Waals surface area contributed by atoms with Gasteiger partial charge in [0.1, 0.15) is 36.3 Å². The standard InChI is InChI=1S/C16H23FO6/c17-7-1-2-8-22-11-5-3-10(4-6-11)16-15(21)14(20)13(19)12(9-18)23-16/h3-6,12-16,18-21H,1-2,7-9H2/t12-,13-,14+,15+,16?/m1/s1. The van der Waals surface area contributed by atoms with Gasteiger partial charge in [-0.2, -0.15) is 0 Å². The lowest BCUT2D eigenvalue weighted by Crippen LogP contribution is -2.55. The van der Waals surface area contributed by atoms with E-state index >= 15 is 0 Å². The number of ether oxygens (including phenoxy) is 2. The Hall–Kier alpha value is -1.25. The van der Waals surface area contributed by atoms with Crippen molar-refractivity contribution in [2.45, 2.75) is 43.4 Å². The van der Waals surface area contributed by atoms with Crippen LogP contribution in [0.1, 0.15) is 24.5 Å². The van der Waals surface area contributed by atoms with E-state index in [0.29, 0.717) is 30.8 Å². The Bertz CT molecular complexity index is 466. The molecule has 23 heavy (non-hydrogen) atoms. The minimum absolute atomic E-state index is 0.362. The van der Waals surface area contributed by atoms with Gasteiger partial charge in [0.15, 0.2) is 0 Å². The third-order valence-corrected chi connectivity index (χ3v) is 3.90. The maximum atomic E-state index is 12.0. The lowest BCUT2D eigenvalue weighted by Gasteiger charge is -2.40. The molecule has 1 aliphatic rings. The Morgan fingerprint density at radius 2 is 1.70 bits per heavy atom. The van der Waals surface area contributed by atoms with Crippen molar-refractivity contribution in [3.05, 3.63) is 29.8 Å². The molecule has 2 rings (SSSR count). The van der Waals surface area contributed by atoms with Gasteiger partial charge in [0.2, 0.25) is 0 Å². The molecule has 1 aromatic rings. The first-order valence-corrected chi connectivity index (χ1v) is 7.67. The minimum atomic E-state index is -1.40. The summed E-state index contributed by atoms with van der Waals surface area (Å²) in [7, 11) is 0. The minimum Gasteiger partial charge on any atom is -0.494 e. The predicted molar refractivity (Wildman–Crippen MR) is 79.9 cm³/mol. The molecule has 0 amide bonds. The van der Waals surface area contributed by atoms with Gasteiger partial charge < -0.3 is 29.9 Å². The first-order valence-electron chi connectivity index (χ1n) is 7.67. The van der Waals surface area contributed by atoms with E-state index in [2.05, 4.69) is 0 Å². The van der Waals surface area contributed by atoms with E-state index in [1.807, 2.05) is 0 Å². The smallest absolute Gasteiger partial charge is 0.119 e. The van der Waals surface area contributed by atoms with Gasteiger partial charge in [0.05, 0.1) is 19.9 Å². The van der Waals surface area contributed by atoms with Crippen LogP contribution < -0.4 is 4.74 Å². The number of alkyl halides is 1. The second kappa shape index (κ2) is 8.56. The molecule has 5 atom stereocenters. The molecule has 6 nitrogen and oxygen atoms in total. The molecule has 4 N–H and O–H groups in total. The first-order chi connectivity index (χ1) is 11.1. The number of hydrogen-bond acceptors (Lipinski definition) is 6. The van der Waals surface area contributed by atoms with E-state index in [-0.39, 0.29) is 6.67 Å². The summed E-state index contributed by atoms with van der Waals surface area (Å²) in [5, 5.41) is 38.8. The fourth-order valence-corrected chi connectivity index (χ4v) is 2.52. The van der Waals surface area contributed by atoms with Crippen LogP contribution in [0.25, 0.3) is 0 Å². The number of aliphatic hydroxyl groups is 4. The summed E-state index contributed by atoms with van der Waals surface area (Å²) in [5.41, 5.74) is 0.595. The van der Waals surface area contributed by atoms with Gasteiger partial charge in [-0.25, -0.2) is 0 Å². The van der Waals surface area contributed by atoms with Crippen molar-refractivity contribution in [3.8, 4) is 5.75 Å². The SMILES string of the molecule is OC[C@H]1OC(c2ccc(OCCCCF)cc2)[C@@H](O)[C@@H](O)[C@@H]1O. The Labute approximate surface area is 134 Å². The van der Waals surface area contributed by atoms with Crippen molar-refractivity contribution in [2.75, 3.05) is 19.9 Å². The van der Waals surface area contributed by atoms with Crippen LogP contribution >= 0.6 is 0 Å². The van der Waals surface area contributed by atoms with Crippen molar-refractivity contribution < 1.29 is 34.3 Å². The Kier molecular flexibility index (Phi) is 6.73. The van der Waals surface area contributed by atoms with Crippen LogP contribution in [-0.2, 0) is 4.74 Å². The molecule has 0 bridgehead atoms. The first kappa shape index (κ1) is 18.1. The fourth-order valence-electron chi connectivity index (χ4n) is 2.52. The lowest BCUT2D eigenvalue weighted by molar-refractivity contribution is -0.231. The molecule has 0 aromatic heterocycles. The Morgan fingerprint density at radius 1 is 1.00 bits per heavy atom. The largest absolute Gasteiger partial charge is 0.494 e. The Morgan fingerprint density at radius 3 is 2.30 bits per heavy atom. The molecule has 1 aromatic carbocycles. The van der Waals surface area contributed by atoms with E-state index in [1.54, 1.807) is 24.3 Å². The molecule has 1 fully saturated rings. The third kappa shape index (κ3) is 4.39. The average Bonchev–Trinajstić information content (AvgIpc) is 2.58. The highest BCUT2D eigenvalue weighted by Gasteiger charge is 2.43. The fraction of sp³-hybridized carbons (Fsp3) is 0.625. The zero-order valence-corrected chi connectivity index (χ0v) is 12.7. The lowest BCUT2D eigenvalue weighted by atomic mass is 9.91. The highest BCUT2D eigenvalue weighted by atomic mass is 19.1. The van der Waals surface area contributed by atoms with Crippen molar-refractivity contribution in [1.29, 1.82) is 0 Å². The van der Waals surface area contributed by atoms with E-state index in [0.717, 1.165) is 0 Å². The van der Waals surface area contributed by atoms with Crippen LogP contribution in [0.3, 0.4) is 0 Å². The molecule has 7 heteroatoms. The molecule has 0 saturated carbocycles. The van der Waals surface area contributed by atoms with Gasteiger partial charge in [0.25, 0.3) is 0 Å². The molecule has 0 radical (unpaired) electrons. The van der Waals surface area contributed by atoms with Crippen molar-refractivity contribution in [1.82, 2.24) is 0 Å². The predicted octanol–water partition coefficient (Wildman–Crippen LogP) is 0.330. The van der Waals surface area contributed by atoms with Gasteiger partial charge in [-0.15, -0.1) is 0 Å². The van der Waals surface area contributed by atoms with Crippen molar-refractivity contribution in [2.24, 2.45) is 0 Å². The molecule has 1 unspecified atom stereocenters. The summed E-state index contributed by atoms with van der Waals surface area (Å²) in [5.74, 6) is 0.609. The normalized spacial score (nSPS) is 31.1. The molecular weight excluding hydrogens is 307 g/mol. The summed E-state index contributed by atoms with van der Waals surface area (Å²) in [6.07, 6.45) is -4.77. The Balaban J connectivity index is 2.00. The van der Waals surface area contributed by atoms with Gasteiger partial charge in [-0.3, -0.25) is 4.39 Å². The van der Waals surface area contributed by atoms with Crippen LogP contribution in [0.5, 0.6) is 5.75 Å². The van der Waals surface area contributed by atoms with E-state index in [4.69, 9.17) is 9.47 Å². The van der Waals surface area contributed by atoms with Gasteiger partial charge in [-0.1, -0.05) is 12.1 Å². The number of benzene rings is 1. The van der Waals surface area contributed by atoms with Crippen LogP contribution in [-0.4, -0.2) is 64.7 Å². The van der Waals surface area contributed by atoms with Crippen molar-refractivity contribution in [3.63, 3.8) is 0 Å². The monoisotopic (exact) mass is 330 g/mol. The molecular formula is C16H23FO6. The number of aliphatic hydroxyl groups excluding tert-OH is 4. The quantitative estimate of drug-likeness (QED) is 0.538. The maximum absolute atomic E-state index is 12.0. The third-order valence-electron chi connectivity index (χ3n) is 3.90. The molecule has 0 spiro atoms. The second-order valence-corrected chi connectivity index (χ2v) is 5.56. The zero-order chi connectivity index (χ0) is 16.8. The van der Waals surface area contributed by atoms with E-state index in [9.17, 15) is 24.8 Å². The average molecular weight is 330 g/mol. The number of halogens is 1. The van der Waals surface area contributed by atoms with Crippen molar-refractivity contribution >= 4 is 0 Å². The number of rotatable bonds is 7. The summed E-state index contributed by atoms with van der Waals surface area (Å²) in [6, 6.07) is 6.73. The van der Waals surface area contributed by atoms with Crippen LogP contribution in [0.15, 0.2) is 24.3 Å². The highest BCUT2D eigenvalue weighted by Crippen LogP contribution is 2.33. The van der Waals surface area contributed by atoms with Crippen LogP contribution in [0, 0.1) is 0 Å². The highest BCUT2D eigenvalue weighted by molar-refractivity contribution is 5.29. The van der Waals surface area contributed by atoms with Gasteiger partial charge in [0, 0.05) is 0 Å². The molecule has 0 aliphatic carbocycles. The van der Waals surface area contributed by atoms with Crippen LogP contribution in [0.4, 0.5) is 4.39 Å². The molecule has 130 valence electrons. The summed E-state index contributed by atoms with van der Waals surface area (Å²) in [6.45, 7) is -0.403. The number of unbranched alkanes of at least 4 members (excludes halogenated alkanes) is 1. The van der Waals surface area contributed by atoms with E-state index in [1.165, 1.54) is 0 Å². The maximum Gasteiger partial charge on any atom is 0.119 e. The van der Waals surface area contributed by atoms with E-state index < -0.39 is 37.1 Å². The van der Waals surface area contributed by atoms with Gasteiger partial charge >= 0.3 is 0 Å². The number of hydrogen-bond donors (Lipinski definition) is 4. The zero-order valence-electron chi connectivity index (χ0n) is 12.7. The van der Waals surface area contributed by atoms with Gasteiger partial charge in [-0.05, 0) is 30.5 Å². The molecule has 1 heterocycles. The summed E-state index contributed by atoms with van der Waals surface area (Å²) < 4.78 is 22.9. The second-order valence-electron chi connectivity index (χ2n) is 5.56.